The molecule has 0 bridgehead atoms. The number of methoxy groups -OCH3 is 1. The van der Waals surface area contributed by atoms with Gasteiger partial charge >= 0.3 is 15.6 Å². The van der Waals surface area contributed by atoms with Crippen LogP contribution in [0.25, 0.3) is 11.1 Å². The van der Waals surface area contributed by atoms with Gasteiger partial charge in [-0.25, -0.2) is 0 Å². The third-order valence-electron chi connectivity index (χ3n) is 3.43. The molecule has 0 aromatic heterocycles. The number of rotatable bonds is 4. The van der Waals surface area contributed by atoms with Crippen LogP contribution in [0, 0.1) is 0 Å². The zero-order chi connectivity index (χ0) is 20.6. The maximum Gasteiger partial charge on any atom is 0.534 e. The highest BCUT2D eigenvalue weighted by Crippen LogP contribution is 2.27. The molecule has 0 spiro atoms. The van der Waals surface area contributed by atoms with E-state index in [0.717, 1.165) is 12.1 Å². The predicted molar refractivity (Wildman–Crippen MR) is 100 cm³/mol. The molecule has 0 unspecified atom stereocenters. The summed E-state index contributed by atoms with van der Waals surface area (Å²) in [5.41, 5.74) is -2.89. The Kier molecular flexibility index (Phi) is 7.06. The minimum Gasteiger partial charge on any atom is -0.497 e. The normalized spacial score (nSPS) is 11.1. The van der Waals surface area contributed by atoms with E-state index in [1.807, 2.05) is 12.1 Å². The first-order valence-corrected chi connectivity index (χ1v) is 9.39. The van der Waals surface area contributed by atoms with Crippen LogP contribution in [0.5, 0.6) is 11.5 Å². The molecule has 28 heavy (non-hydrogen) atoms. The smallest absolute Gasteiger partial charge is 0.497 e. The fraction of sp³-hybridized carbons (Fsp3) is 0.100. The second-order valence-corrected chi connectivity index (χ2v) is 6.93. The molecule has 4 nitrogen and oxygen atoms in total. The van der Waals surface area contributed by atoms with E-state index in [4.69, 9.17) is 4.74 Å². The van der Waals surface area contributed by atoms with E-state index >= 15 is 0 Å². The standard InChI is InChI=1S/C12H10.C8H7F3O4S/c1-3-7-11(8-4-1)12-9-5-2-6-10-12;1-14-6-2-4-7(5-3-6)15-16(12,13)8(9,10)11/h1-10H;2-5H,1H3. The summed E-state index contributed by atoms with van der Waals surface area (Å²) in [6.45, 7) is 0. The molecule has 0 saturated heterocycles. The predicted octanol–water partition coefficient (Wildman–Crippen LogP) is 5.28. The van der Waals surface area contributed by atoms with Gasteiger partial charge in [-0.2, -0.15) is 21.6 Å². The Morgan fingerprint density at radius 2 is 1.07 bits per heavy atom. The van der Waals surface area contributed by atoms with Crippen molar-refractivity contribution >= 4 is 10.1 Å². The first-order chi connectivity index (χ1) is 13.2. The third kappa shape index (κ3) is 6.02. The molecule has 0 amide bonds. The van der Waals surface area contributed by atoms with Crippen molar-refractivity contribution in [2.45, 2.75) is 5.51 Å². The van der Waals surface area contributed by atoms with Gasteiger partial charge in [-0.05, 0) is 35.4 Å². The molecule has 148 valence electrons. The van der Waals surface area contributed by atoms with E-state index in [2.05, 4.69) is 52.7 Å². The van der Waals surface area contributed by atoms with Gasteiger partial charge in [-0.1, -0.05) is 60.7 Å². The van der Waals surface area contributed by atoms with Crippen LogP contribution in [0.1, 0.15) is 0 Å². The first-order valence-electron chi connectivity index (χ1n) is 7.98. The van der Waals surface area contributed by atoms with Crippen LogP contribution in [0.3, 0.4) is 0 Å². The van der Waals surface area contributed by atoms with Crippen LogP contribution in [-0.2, 0) is 10.1 Å². The Labute approximate surface area is 161 Å². The van der Waals surface area contributed by atoms with Gasteiger partial charge in [0.25, 0.3) is 0 Å². The number of hydrogen-bond acceptors (Lipinski definition) is 4. The largest absolute Gasteiger partial charge is 0.534 e. The summed E-state index contributed by atoms with van der Waals surface area (Å²) >= 11 is 0. The van der Waals surface area contributed by atoms with Gasteiger partial charge in [0, 0.05) is 0 Å². The average molecular weight is 410 g/mol. The molecule has 0 aliphatic rings. The lowest BCUT2D eigenvalue weighted by atomic mass is 10.1. The molecule has 0 heterocycles. The van der Waals surface area contributed by atoms with Crippen molar-refractivity contribution in [3.63, 3.8) is 0 Å². The molecule has 0 aliphatic carbocycles. The van der Waals surface area contributed by atoms with Gasteiger partial charge in [0.1, 0.15) is 11.5 Å². The van der Waals surface area contributed by atoms with Crippen molar-refractivity contribution in [2.75, 3.05) is 7.11 Å². The van der Waals surface area contributed by atoms with Crippen LogP contribution in [-0.4, -0.2) is 21.0 Å². The average Bonchev–Trinajstić information content (AvgIpc) is 2.69. The lowest BCUT2D eigenvalue weighted by molar-refractivity contribution is -0.0500. The minimum atomic E-state index is -5.61. The van der Waals surface area contributed by atoms with Crippen LogP contribution >= 0.6 is 0 Å². The summed E-state index contributed by atoms with van der Waals surface area (Å²) in [7, 11) is -4.25. The fourth-order valence-corrected chi connectivity index (χ4v) is 2.53. The topological polar surface area (TPSA) is 52.6 Å². The van der Waals surface area contributed by atoms with E-state index in [1.54, 1.807) is 0 Å². The monoisotopic (exact) mass is 410 g/mol. The third-order valence-corrected chi connectivity index (χ3v) is 4.41. The van der Waals surface area contributed by atoms with E-state index in [1.165, 1.54) is 30.4 Å². The molecule has 0 radical (unpaired) electrons. The summed E-state index contributed by atoms with van der Waals surface area (Å²) < 4.78 is 65.6. The van der Waals surface area contributed by atoms with E-state index in [0.29, 0.717) is 5.75 Å². The molecule has 3 rings (SSSR count). The molecule has 8 heteroatoms. The van der Waals surface area contributed by atoms with Crippen LogP contribution < -0.4 is 8.92 Å². The number of alkyl halides is 3. The van der Waals surface area contributed by atoms with Crippen molar-refractivity contribution in [3.8, 4) is 22.6 Å². The molecular weight excluding hydrogens is 393 g/mol. The zero-order valence-electron chi connectivity index (χ0n) is 14.8. The molecule has 3 aromatic rings. The molecule has 0 saturated carbocycles. The Balaban J connectivity index is 0.000000207. The van der Waals surface area contributed by atoms with Gasteiger partial charge in [0.15, 0.2) is 0 Å². The lowest BCUT2D eigenvalue weighted by Crippen LogP contribution is -2.27. The van der Waals surface area contributed by atoms with Crippen molar-refractivity contribution in [1.29, 1.82) is 0 Å². The van der Waals surface area contributed by atoms with Gasteiger partial charge in [0.05, 0.1) is 7.11 Å². The summed E-state index contributed by atoms with van der Waals surface area (Å²) in [5, 5.41) is 0. The maximum atomic E-state index is 11.9. The molecule has 0 N–H and O–H groups in total. The molecule has 0 atom stereocenters. The Morgan fingerprint density at radius 1 is 0.679 bits per heavy atom. The Morgan fingerprint density at radius 3 is 1.43 bits per heavy atom. The lowest BCUT2D eigenvalue weighted by Gasteiger charge is -2.09. The summed E-state index contributed by atoms with van der Waals surface area (Å²) in [4.78, 5) is 0. The molecular formula is C20H17F3O4S. The van der Waals surface area contributed by atoms with Crippen LogP contribution in [0.2, 0.25) is 0 Å². The highest BCUT2D eigenvalue weighted by molar-refractivity contribution is 7.88. The Hall–Kier alpha value is -3.00. The van der Waals surface area contributed by atoms with E-state index in [9.17, 15) is 21.6 Å². The minimum absolute atomic E-state index is 0.372. The Bertz CT molecular complexity index is 918. The first kappa shape index (κ1) is 21.3. The summed E-state index contributed by atoms with van der Waals surface area (Å²) in [5.74, 6) is -0.0603. The number of hydrogen-bond donors (Lipinski definition) is 0. The maximum absolute atomic E-state index is 11.9. The van der Waals surface area contributed by atoms with Gasteiger partial charge in [-0.15, -0.1) is 0 Å². The SMILES string of the molecule is COc1ccc(OS(=O)(=O)C(F)(F)F)cc1.c1ccc(-c2ccccc2)cc1. The molecule has 3 aromatic carbocycles. The van der Waals surface area contributed by atoms with Crippen LogP contribution in [0.15, 0.2) is 84.9 Å². The summed E-state index contributed by atoms with van der Waals surface area (Å²) in [6, 6.07) is 25.5. The number of ether oxygens (including phenoxy) is 1. The van der Waals surface area contributed by atoms with Crippen molar-refractivity contribution in [3.05, 3.63) is 84.9 Å². The van der Waals surface area contributed by atoms with E-state index in [-0.39, 0.29) is 0 Å². The fourth-order valence-electron chi connectivity index (χ4n) is 2.07. The second-order valence-electron chi connectivity index (χ2n) is 5.39. The zero-order valence-corrected chi connectivity index (χ0v) is 15.6. The highest BCUT2D eigenvalue weighted by atomic mass is 32.2. The van der Waals surface area contributed by atoms with Gasteiger partial charge in [-0.3, -0.25) is 0 Å². The van der Waals surface area contributed by atoms with E-state index < -0.39 is 21.4 Å². The van der Waals surface area contributed by atoms with Gasteiger partial charge < -0.3 is 8.92 Å². The highest BCUT2D eigenvalue weighted by Gasteiger charge is 2.48. The molecule has 0 aliphatic heterocycles. The quantitative estimate of drug-likeness (QED) is 0.434. The molecule has 0 fully saturated rings. The second kappa shape index (κ2) is 9.27. The van der Waals surface area contributed by atoms with Gasteiger partial charge in [0.2, 0.25) is 0 Å². The summed E-state index contributed by atoms with van der Waals surface area (Å²) in [6.07, 6.45) is 0. The van der Waals surface area contributed by atoms with Crippen molar-refractivity contribution in [2.24, 2.45) is 0 Å². The number of benzene rings is 3. The number of halogens is 3. The van der Waals surface area contributed by atoms with Crippen molar-refractivity contribution < 1.29 is 30.5 Å². The van der Waals surface area contributed by atoms with Crippen LogP contribution in [0.4, 0.5) is 13.2 Å². The van der Waals surface area contributed by atoms with Crippen molar-refractivity contribution in [1.82, 2.24) is 0 Å².